The smallest absolute Gasteiger partial charge is 0.221 e. The summed E-state index contributed by atoms with van der Waals surface area (Å²) in [6.45, 7) is 11.3. The minimum absolute atomic E-state index is 0.0835. The van der Waals surface area contributed by atoms with Crippen LogP contribution in [0.15, 0.2) is 4.99 Å². The maximum absolute atomic E-state index is 11.7. The first-order valence-corrected chi connectivity index (χ1v) is 8.15. The van der Waals surface area contributed by atoms with Crippen LogP contribution in [0.3, 0.4) is 0 Å². The zero-order valence-electron chi connectivity index (χ0n) is 14.6. The van der Waals surface area contributed by atoms with Gasteiger partial charge in [0.15, 0.2) is 5.96 Å². The van der Waals surface area contributed by atoms with Crippen LogP contribution in [-0.4, -0.2) is 37.5 Å². The summed E-state index contributed by atoms with van der Waals surface area (Å²) in [5.41, 5.74) is 0. The van der Waals surface area contributed by atoms with E-state index in [9.17, 15) is 4.79 Å². The number of hydrogen-bond acceptors (Lipinski definition) is 2. The van der Waals surface area contributed by atoms with Crippen LogP contribution in [0.2, 0.25) is 0 Å². The molecule has 0 heterocycles. The van der Waals surface area contributed by atoms with Crippen LogP contribution in [0, 0.1) is 5.92 Å². The number of hydrogen-bond donors (Lipinski definition) is 3. The lowest BCUT2D eigenvalue weighted by Gasteiger charge is -2.19. The first kappa shape index (κ1) is 19.7. The highest BCUT2D eigenvalue weighted by atomic mass is 16.1. The minimum Gasteiger partial charge on any atom is -0.356 e. The van der Waals surface area contributed by atoms with Gasteiger partial charge in [-0.1, -0.05) is 20.8 Å². The Morgan fingerprint density at radius 1 is 1.05 bits per heavy atom. The van der Waals surface area contributed by atoms with E-state index in [1.165, 1.54) is 6.42 Å². The van der Waals surface area contributed by atoms with Crippen LogP contribution >= 0.6 is 0 Å². The van der Waals surface area contributed by atoms with Crippen LogP contribution in [0.25, 0.3) is 0 Å². The molecule has 2 atom stereocenters. The highest BCUT2D eigenvalue weighted by Gasteiger charge is 2.08. The molecule has 2 unspecified atom stereocenters. The average molecular weight is 298 g/mol. The van der Waals surface area contributed by atoms with Gasteiger partial charge in [-0.3, -0.25) is 9.79 Å². The van der Waals surface area contributed by atoms with Crippen LogP contribution in [-0.2, 0) is 4.79 Å². The van der Waals surface area contributed by atoms with Crippen molar-refractivity contribution in [3.8, 4) is 0 Å². The molecule has 0 fully saturated rings. The van der Waals surface area contributed by atoms with Gasteiger partial charge >= 0.3 is 0 Å². The van der Waals surface area contributed by atoms with Crippen molar-refractivity contribution in [1.82, 2.24) is 16.0 Å². The standard InChI is InChI=1S/C16H34N4O/c1-7-13(4)19-15(21)10-11-18-16(17-6)20-14(5)9-8-12(2)3/h12-14H,7-11H2,1-6H3,(H,19,21)(H2,17,18,20). The molecule has 0 saturated heterocycles. The molecular formula is C16H34N4O. The zero-order chi connectivity index (χ0) is 16.3. The monoisotopic (exact) mass is 298 g/mol. The zero-order valence-corrected chi connectivity index (χ0v) is 14.6. The number of carbonyl (C=O) groups is 1. The molecule has 0 spiro atoms. The van der Waals surface area contributed by atoms with E-state index in [1.54, 1.807) is 7.05 Å². The van der Waals surface area contributed by atoms with Crippen molar-refractivity contribution in [2.75, 3.05) is 13.6 Å². The van der Waals surface area contributed by atoms with E-state index in [4.69, 9.17) is 0 Å². The van der Waals surface area contributed by atoms with Gasteiger partial charge in [0.1, 0.15) is 0 Å². The van der Waals surface area contributed by atoms with E-state index >= 15 is 0 Å². The fourth-order valence-corrected chi connectivity index (χ4v) is 1.83. The molecule has 0 aromatic carbocycles. The molecule has 3 N–H and O–H groups in total. The second-order valence-electron chi connectivity index (χ2n) is 6.14. The normalized spacial score (nSPS) is 14.7. The van der Waals surface area contributed by atoms with Gasteiger partial charge in [0.25, 0.3) is 0 Å². The van der Waals surface area contributed by atoms with Crippen molar-refractivity contribution in [2.24, 2.45) is 10.9 Å². The predicted molar refractivity (Wildman–Crippen MR) is 90.5 cm³/mol. The molecule has 0 aliphatic rings. The Hall–Kier alpha value is -1.26. The first-order valence-electron chi connectivity index (χ1n) is 8.15. The number of guanidine groups is 1. The van der Waals surface area contributed by atoms with Gasteiger partial charge in [0.05, 0.1) is 0 Å². The number of nitrogens with one attached hydrogen (secondary N) is 3. The molecule has 5 heteroatoms. The Bertz CT molecular complexity index is 315. The lowest BCUT2D eigenvalue weighted by molar-refractivity contribution is -0.121. The van der Waals surface area contributed by atoms with Crippen molar-refractivity contribution < 1.29 is 4.79 Å². The second kappa shape index (κ2) is 11.4. The molecule has 0 aromatic rings. The Balaban J connectivity index is 3.92. The van der Waals surface area contributed by atoms with Crippen molar-refractivity contribution in [1.29, 1.82) is 0 Å². The molecule has 0 rings (SSSR count). The fraction of sp³-hybridized carbons (Fsp3) is 0.875. The summed E-state index contributed by atoms with van der Waals surface area (Å²) in [5, 5.41) is 9.50. The Morgan fingerprint density at radius 2 is 1.71 bits per heavy atom. The van der Waals surface area contributed by atoms with Gasteiger partial charge in [-0.25, -0.2) is 0 Å². The van der Waals surface area contributed by atoms with Gasteiger partial charge in [-0.05, 0) is 39.0 Å². The fourth-order valence-electron chi connectivity index (χ4n) is 1.83. The lowest BCUT2D eigenvalue weighted by Crippen LogP contribution is -2.43. The number of nitrogens with zero attached hydrogens (tertiary/aromatic N) is 1. The maximum atomic E-state index is 11.7. The summed E-state index contributed by atoms with van der Waals surface area (Å²) < 4.78 is 0. The quantitative estimate of drug-likeness (QED) is 0.452. The molecule has 5 nitrogen and oxygen atoms in total. The summed E-state index contributed by atoms with van der Waals surface area (Å²) >= 11 is 0. The van der Waals surface area contributed by atoms with E-state index in [1.807, 2.05) is 6.92 Å². The van der Waals surface area contributed by atoms with E-state index in [2.05, 4.69) is 48.6 Å². The van der Waals surface area contributed by atoms with Crippen molar-refractivity contribution >= 4 is 11.9 Å². The van der Waals surface area contributed by atoms with E-state index in [0.717, 1.165) is 18.8 Å². The summed E-state index contributed by atoms with van der Waals surface area (Å²) in [7, 11) is 1.75. The minimum atomic E-state index is 0.0835. The highest BCUT2D eigenvalue weighted by molar-refractivity contribution is 5.81. The first-order chi connectivity index (χ1) is 9.88. The van der Waals surface area contributed by atoms with E-state index in [0.29, 0.717) is 24.9 Å². The third kappa shape index (κ3) is 11.1. The van der Waals surface area contributed by atoms with Gasteiger partial charge in [0, 0.05) is 32.1 Å². The van der Waals surface area contributed by atoms with Crippen LogP contribution < -0.4 is 16.0 Å². The number of carbonyl (C=O) groups excluding carboxylic acids is 1. The topological polar surface area (TPSA) is 65.5 Å². The highest BCUT2D eigenvalue weighted by Crippen LogP contribution is 2.06. The lowest BCUT2D eigenvalue weighted by atomic mass is 10.0. The van der Waals surface area contributed by atoms with E-state index < -0.39 is 0 Å². The summed E-state index contributed by atoms with van der Waals surface area (Å²) in [5.74, 6) is 1.57. The number of aliphatic imine (C=N–C) groups is 1. The van der Waals surface area contributed by atoms with Crippen LogP contribution in [0.5, 0.6) is 0 Å². The Morgan fingerprint density at radius 3 is 2.24 bits per heavy atom. The summed E-state index contributed by atoms with van der Waals surface area (Å²) in [4.78, 5) is 15.9. The summed E-state index contributed by atoms with van der Waals surface area (Å²) in [6.07, 6.45) is 3.73. The maximum Gasteiger partial charge on any atom is 0.221 e. The largest absolute Gasteiger partial charge is 0.356 e. The molecule has 0 aliphatic carbocycles. The number of amides is 1. The van der Waals surface area contributed by atoms with Gasteiger partial charge < -0.3 is 16.0 Å². The van der Waals surface area contributed by atoms with Gasteiger partial charge in [-0.15, -0.1) is 0 Å². The third-order valence-corrected chi connectivity index (χ3v) is 3.45. The van der Waals surface area contributed by atoms with Gasteiger partial charge in [0.2, 0.25) is 5.91 Å². The molecule has 0 saturated carbocycles. The SMILES string of the molecule is CCC(C)NC(=O)CCNC(=NC)NC(C)CCC(C)C. The Labute approximate surface area is 130 Å². The predicted octanol–water partition coefficient (Wildman–Crippen LogP) is 2.28. The molecule has 124 valence electrons. The molecular weight excluding hydrogens is 264 g/mol. The van der Waals surface area contributed by atoms with Crippen molar-refractivity contribution in [2.45, 2.75) is 72.4 Å². The number of rotatable bonds is 9. The van der Waals surface area contributed by atoms with Crippen LogP contribution in [0.1, 0.15) is 60.3 Å². The van der Waals surface area contributed by atoms with Gasteiger partial charge in [-0.2, -0.15) is 0 Å². The molecule has 0 aliphatic heterocycles. The summed E-state index contributed by atoms with van der Waals surface area (Å²) in [6, 6.07) is 0.624. The molecule has 0 bridgehead atoms. The molecule has 0 aromatic heterocycles. The molecule has 1 amide bonds. The van der Waals surface area contributed by atoms with Crippen molar-refractivity contribution in [3.63, 3.8) is 0 Å². The molecule has 0 radical (unpaired) electrons. The average Bonchev–Trinajstić information content (AvgIpc) is 2.43. The third-order valence-electron chi connectivity index (χ3n) is 3.45. The second-order valence-corrected chi connectivity index (χ2v) is 6.14. The molecule has 21 heavy (non-hydrogen) atoms. The van der Waals surface area contributed by atoms with E-state index in [-0.39, 0.29) is 11.9 Å². The van der Waals surface area contributed by atoms with Crippen molar-refractivity contribution in [3.05, 3.63) is 0 Å². The Kier molecular flexibility index (Phi) is 10.7. The van der Waals surface area contributed by atoms with Crippen LogP contribution in [0.4, 0.5) is 0 Å².